The van der Waals surface area contributed by atoms with Crippen LogP contribution in [0.4, 0.5) is 0 Å². The molecule has 0 aliphatic heterocycles. The van der Waals surface area contributed by atoms with E-state index in [9.17, 15) is 0 Å². The van der Waals surface area contributed by atoms with E-state index in [0.29, 0.717) is 0 Å². The van der Waals surface area contributed by atoms with Crippen molar-refractivity contribution in [2.45, 2.75) is 151 Å². The summed E-state index contributed by atoms with van der Waals surface area (Å²) in [7, 11) is -6.11. The van der Waals surface area contributed by atoms with Crippen molar-refractivity contribution in [3.63, 3.8) is 0 Å². The molecule has 0 unspecified atom stereocenters. The van der Waals surface area contributed by atoms with Crippen molar-refractivity contribution in [1.29, 1.82) is 0 Å². The van der Waals surface area contributed by atoms with E-state index in [2.05, 4.69) is 52.4 Å². The first-order valence-electron chi connectivity index (χ1n) is 15.9. The van der Waals surface area contributed by atoms with Crippen LogP contribution in [0.1, 0.15) is 25.7 Å². The monoisotopic (exact) mass is 604 g/mol. The Balaban J connectivity index is 5.98. The summed E-state index contributed by atoms with van der Waals surface area (Å²) in [5.41, 5.74) is 23.8. The van der Waals surface area contributed by atoms with E-state index >= 15 is 0 Å². The van der Waals surface area contributed by atoms with Crippen molar-refractivity contribution >= 4 is 40.4 Å². The minimum Gasteiger partial charge on any atom is -0.330 e. The van der Waals surface area contributed by atoms with Gasteiger partial charge in [0.25, 0.3) is 0 Å². The first-order valence-corrected chi connectivity index (χ1v) is 32.4. The largest absolute Gasteiger partial charge is 0.330 e. The maximum absolute atomic E-state index is 5.94. The Morgan fingerprint density at radius 3 is 0.649 bits per heavy atom. The molecule has 0 aromatic carbocycles. The predicted octanol–water partition coefficient (Wildman–Crippen LogP) is 7.66. The van der Waals surface area contributed by atoms with Crippen LogP contribution in [0.15, 0.2) is 0 Å². The third-order valence-corrected chi connectivity index (χ3v) is 30.0. The molecule has 0 saturated carbocycles. The summed E-state index contributed by atoms with van der Waals surface area (Å²) in [6, 6.07) is 18.2. The van der Waals surface area contributed by atoms with Gasteiger partial charge in [-0.25, -0.2) is 0 Å². The van der Waals surface area contributed by atoms with Crippen LogP contribution in [0.3, 0.4) is 0 Å². The van der Waals surface area contributed by atoms with Crippen LogP contribution >= 0.6 is 0 Å². The van der Waals surface area contributed by atoms with Gasteiger partial charge < -0.3 is 22.9 Å². The average Bonchev–Trinajstić information content (AvgIpc) is 2.83. The molecule has 0 radical (unpaired) electrons. The molecule has 4 nitrogen and oxygen atoms in total. The van der Waals surface area contributed by atoms with Gasteiger partial charge in [0.15, 0.2) is 0 Å². The van der Waals surface area contributed by atoms with E-state index < -0.39 is 40.4 Å². The quantitative estimate of drug-likeness (QED) is 0.0849. The van der Waals surface area contributed by atoms with Crippen molar-refractivity contribution in [3.8, 4) is 0 Å². The number of hydrogen-bond acceptors (Lipinski definition) is 4. The average molecular weight is 605 g/mol. The van der Waals surface area contributed by atoms with Crippen molar-refractivity contribution in [2.24, 2.45) is 22.9 Å². The minimum absolute atomic E-state index is 0.863. The van der Waals surface area contributed by atoms with Crippen LogP contribution in [0.2, 0.25) is 125 Å². The molecule has 0 aliphatic rings. The lowest BCUT2D eigenvalue weighted by Gasteiger charge is -2.40. The molecule has 0 aliphatic carbocycles. The van der Waals surface area contributed by atoms with E-state index in [1.54, 1.807) is 48.4 Å². The second-order valence-corrected chi connectivity index (χ2v) is 42.0. The Morgan fingerprint density at radius 2 is 0.486 bits per heavy atom. The minimum atomic E-state index is -1.38. The lowest BCUT2D eigenvalue weighted by molar-refractivity contribution is 0.896. The maximum atomic E-state index is 5.94. The zero-order valence-electron chi connectivity index (χ0n) is 27.0. The fourth-order valence-corrected chi connectivity index (χ4v) is 32.4. The second-order valence-electron chi connectivity index (χ2n) is 15.7. The van der Waals surface area contributed by atoms with Crippen LogP contribution in [0, 0.1) is 0 Å². The normalized spacial score (nSPS) is 13.9. The molecule has 0 amide bonds. The van der Waals surface area contributed by atoms with Gasteiger partial charge in [-0.05, 0) is 51.9 Å². The van der Waals surface area contributed by atoms with E-state index in [1.807, 2.05) is 0 Å². The third-order valence-electron chi connectivity index (χ3n) is 9.56. The third kappa shape index (κ3) is 18.8. The van der Waals surface area contributed by atoms with Crippen molar-refractivity contribution in [3.05, 3.63) is 0 Å². The highest BCUT2D eigenvalue weighted by molar-refractivity contribution is 6.89. The van der Waals surface area contributed by atoms with Gasteiger partial charge in [0.05, 0.1) is 8.07 Å². The lowest BCUT2D eigenvalue weighted by Crippen LogP contribution is -2.43. The molecule has 0 fully saturated rings. The first-order chi connectivity index (χ1) is 17.1. The molecule has 0 bridgehead atoms. The van der Waals surface area contributed by atoms with Crippen LogP contribution < -0.4 is 22.9 Å². The number of hydrogen-bond donors (Lipinski definition) is 4. The summed E-state index contributed by atoms with van der Waals surface area (Å²) in [5, 5.41) is 0. The van der Waals surface area contributed by atoms with Crippen LogP contribution in [0.25, 0.3) is 0 Å². The fraction of sp³-hybridized carbons (Fsp3) is 1.00. The summed E-state index contributed by atoms with van der Waals surface area (Å²) in [6.07, 6.45) is 4.91. The zero-order chi connectivity index (χ0) is 28.6. The molecule has 0 heterocycles. The van der Waals surface area contributed by atoms with E-state index in [0.717, 1.165) is 26.2 Å². The SMILES string of the molecule is C[Si](C)(CCCN)CC[Si](CC[Si](C)(C)CCCN)(CC[Si](C)(C)CCCN)CC[Si](C)(C)CCCN. The highest BCUT2D eigenvalue weighted by atomic mass is 28.3. The number of nitrogens with two attached hydrogens (primary N) is 4. The molecule has 224 valence electrons. The van der Waals surface area contributed by atoms with Crippen molar-refractivity contribution in [2.75, 3.05) is 26.2 Å². The highest BCUT2D eigenvalue weighted by Gasteiger charge is 2.39. The van der Waals surface area contributed by atoms with Gasteiger partial charge in [-0.2, -0.15) is 0 Å². The topological polar surface area (TPSA) is 104 Å². The molecule has 0 aromatic heterocycles. The summed E-state index contributed by atoms with van der Waals surface area (Å²) >= 11 is 0. The van der Waals surface area contributed by atoms with Gasteiger partial charge >= 0.3 is 0 Å². The summed E-state index contributed by atoms with van der Waals surface area (Å²) in [5.74, 6) is 0. The molecule has 8 N–H and O–H groups in total. The first kappa shape index (κ1) is 37.9. The van der Waals surface area contributed by atoms with Gasteiger partial charge in [-0.1, -0.05) is 125 Å². The Hall–Kier alpha value is 0.924. The zero-order valence-corrected chi connectivity index (χ0v) is 32.0. The van der Waals surface area contributed by atoms with Crippen LogP contribution in [-0.4, -0.2) is 66.5 Å². The Labute approximate surface area is 239 Å². The number of rotatable bonds is 24. The highest BCUT2D eigenvalue weighted by Crippen LogP contribution is 2.41. The van der Waals surface area contributed by atoms with Crippen molar-refractivity contribution in [1.82, 2.24) is 0 Å². The Kier molecular flexibility index (Phi) is 18.8. The van der Waals surface area contributed by atoms with Gasteiger partial charge in [-0.15, -0.1) is 0 Å². The Bertz CT molecular complexity index is 483. The molecule has 0 aromatic rings. The molecule has 0 saturated heterocycles. The molecular formula is C28H72N4Si5. The van der Waals surface area contributed by atoms with E-state index in [4.69, 9.17) is 22.9 Å². The molecule has 0 atom stereocenters. The fourth-order valence-electron chi connectivity index (χ4n) is 5.99. The predicted molar refractivity (Wildman–Crippen MR) is 188 cm³/mol. The Morgan fingerprint density at radius 1 is 0.297 bits per heavy atom. The smallest absolute Gasteiger partial charge is 0.0524 e. The molecule has 0 spiro atoms. The van der Waals surface area contributed by atoms with Crippen LogP contribution in [-0.2, 0) is 0 Å². The maximum Gasteiger partial charge on any atom is 0.0524 e. The molecular weight excluding hydrogens is 533 g/mol. The van der Waals surface area contributed by atoms with E-state index in [-0.39, 0.29) is 0 Å². The molecule has 0 rings (SSSR count). The summed E-state index contributed by atoms with van der Waals surface area (Å²) in [6.45, 7) is 24.7. The molecule has 9 heteroatoms. The summed E-state index contributed by atoms with van der Waals surface area (Å²) < 4.78 is 0. The lowest BCUT2D eigenvalue weighted by atomic mass is 10.5. The van der Waals surface area contributed by atoms with E-state index in [1.165, 1.54) is 49.9 Å². The van der Waals surface area contributed by atoms with Crippen molar-refractivity contribution < 1.29 is 0 Å². The second kappa shape index (κ2) is 18.4. The van der Waals surface area contributed by atoms with Gasteiger partial charge in [0.2, 0.25) is 0 Å². The molecule has 37 heavy (non-hydrogen) atoms. The van der Waals surface area contributed by atoms with Crippen LogP contribution in [0.5, 0.6) is 0 Å². The van der Waals surface area contributed by atoms with Gasteiger partial charge in [0, 0.05) is 32.3 Å². The van der Waals surface area contributed by atoms with Gasteiger partial charge in [0.1, 0.15) is 0 Å². The standard InChI is InChI=1S/C28H72N4Si5/c1-33(2,17-9-13-29)21-25-37(26-22-34(3,4)18-10-14-30,27-23-35(5,6)19-11-15-31)28-24-36(7,8)20-12-16-32/h9-32H2,1-8H3. The van der Waals surface area contributed by atoms with Gasteiger partial charge in [-0.3, -0.25) is 0 Å². The summed E-state index contributed by atoms with van der Waals surface area (Å²) in [4.78, 5) is 0.